The van der Waals surface area contributed by atoms with Crippen molar-refractivity contribution in [3.63, 3.8) is 0 Å². The fraction of sp³-hybridized carbons (Fsp3) is 0.727. The monoisotopic (exact) mass is 363 g/mol. The molecule has 0 aliphatic heterocycles. The van der Waals surface area contributed by atoms with Gasteiger partial charge in [-0.1, -0.05) is 44.5 Å². The second-order valence-corrected chi connectivity index (χ2v) is 9.73. The molecule has 0 amide bonds. The lowest BCUT2D eigenvalue weighted by Gasteiger charge is -2.72. The summed E-state index contributed by atoms with van der Waals surface area (Å²) in [6.45, 7) is 9.33. The van der Waals surface area contributed by atoms with Crippen LogP contribution in [0.2, 0.25) is 5.02 Å². The first-order valence-corrected chi connectivity index (χ1v) is 10.1. The van der Waals surface area contributed by atoms with Crippen LogP contribution >= 0.6 is 11.6 Å². The second-order valence-electron chi connectivity index (χ2n) is 9.30. The van der Waals surface area contributed by atoms with Crippen molar-refractivity contribution in [1.82, 2.24) is 4.90 Å². The zero-order valence-corrected chi connectivity index (χ0v) is 17.3. The summed E-state index contributed by atoms with van der Waals surface area (Å²) in [5.74, 6) is 0.862. The predicted octanol–water partition coefficient (Wildman–Crippen LogP) is 5.44. The number of nitrogens with zero attached hydrogens (tertiary/aromatic N) is 1. The van der Waals surface area contributed by atoms with E-state index in [-0.39, 0.29) is 11.0 Å². The van der Waals surface area contributed by atoms with Crippen molar-refractivity contribution in [3.8, 4) is 0 Å². The van der Waals surface area contributed by atoms with Crippen molar-refractivity contribution in [2.24, 2.45) is 16.7 Å². The average molecular weight is 364 g/mol. The molecule has 3 unspecified atom stereocenters. The van der Waals surface area contributed by atoms with Crippen LogP contribution in [0.4, 0.5) is 0 Å². The van der Waals surface area contributed by atoms with Crippen LogP contribution in [0, 0.1) is 16.7 Å². The minimum absolute atomic E-state index is 0.0502. The molecule has 3 heteroatoms. The van der Waals surface area contributed by atoms with Crippen LogP contribution in [0.1, 0.15) is 52.0 Å². The van der Waals surface area contributed by atoms with Crippen molar-refractivity contribution >= 4 is 11.6 Å². The van der Waals surface area contributed by atoms with E-state index >= 15 is 0 Å². The lowest BCUT2D eigenvalue weighted by molar-refractivity contribution is -0.286. The Balaban J connectivity index is 1.82. The Bertz CT molecular complexity index is 597. The van der Waals surface area contributed by atoms with Gasteiger partial charge in [0.25, 0.3) is 0 Å². The summed E-state index contributed by atoms with van der Waals surface area (Å²) >= 11 is 6.09. The van der Waals surface area contributed by atoms with E-state index in [9.17, 15) is 0 Å². The molecule has 140 valence electrons. The van der Waals surface area contributed by atoms with Crippen LogP contribution in [0.25, 0.3) is 0 Å². The van der Waals surface area contributed by atoms with E-state index in [4.69, 9.17) is 16.3 Å². The van der Waals surface area contributed by atoms with Gasteiger partial charge in [0.1, 0.15) is 0 Å². The van der Waals surface area contributed by atoms with Gasteiger partial charge in [-0.3, -0.25) is 0 Å². The van der Waals surface area contributed by atoms with E-state index in [1.165, 1.54) is 24.8 Å². The quantitative estimate of drug-likeness (QED) is 0.598. The molecule has 3 aliphatic carbocycles. The molecule has 1 aromatic carbocycles. The summed E-state index contributed by atoms with van der Waals surface area (Å²) in [6.07, 6.45) is 5.88. The highest BCUT2D eigenvalue weighted by Crippen LogP contribution is 2.72. The lowest BCUT2D eigenvalue weighted by atomic mass is 9.35. The Morgan fingerprint density at radius 2 is 1.84 bits per heavy atom. The molecule has 3 fully saturated rings. The second kappa shape index (κ2) is 6.87. The summed E-state index contributed by atoms with van der Waals surface area (Å²) in [5.41, 5.74) is 1.91. The van der Waals surface area contributed by atoms with Crippen molar-refractivity contribution in [1.29, 1.82) is 0 Å². The van der Waals surface area contributed by atoms with E-state index < -0.39 is 0 Å². The molecule has 0 spiro atoms. The van der Waals surface area contributed by atoms with E-state index in [1.807, 2.05) is 12.1 Å². The first-order chi connectivity index (χ1) is 11.7. The van der Waals surface area contributed by atoms with Gasteiger partial charge in [-0.15, -0.1) is 0 Å². The zero-order valence-electron chi connectivity index (χ0n) is 16.6. The minimum Gasteiger partial charge on any atom is -0.374 e. The standard InChI is InChI=1S/C22H34ClNO/c1-20(2)18-11-12-22(21(20,3)16-18,25-14-6-13-24(4)5)15-17-7-9-19(23)10-8-17/h7-10,18H,6,11-16H2,1-5H3. The highest BCUT2D eigenvalue weighted by molar-refractivity contribution is 6.30. The molecule has 3 atom stereocenters. The van der Waals surface area contributed by atoms with Crippen LogP contribution in [0.15, 0.2) is 24.3 Å². The minimum atomic E-state index is -0.0502. The number of hydrogen-bond donors (Lipinski definition) is 0. The Hall–Kier alpha value is -0.570. The SMILES string of the molecule is CN(C)CCCOC1(Cc2ccc(Cl)cc2)CCC2CC1(C)C2(C)C. The van der Waals surface area contributed by atoms with Crippen LogP contribution in [-0.4, -0.2) is 37.7 Å². The molecule has 0 aromatic heterocycles. The van der Waals surface area contributed by atoms with E-state index in [1.54, 1.807) is 0 Å². The summed E-state index contributed by atoms with van der Waals surface area (Å²) in [4.78, 5) is 2.24. The Labute approximate surface area is 158 Å². The molecule has 0 saturated heterocycles. The number of fused-ring (bicyclic) bond motifs is 2. The number of hydrogen-bond acceptors (Lipinski definition) is 2. The van der Waals surface area contributed by atoms with Gasteiger partial charge < -0.3 is 9.64 Å². The van der Waals surface area contributed by atoms with Crippen molar-refractivity contribution in [2.75, 3.05) is 27.2 Å². The van der Waals surface area contributed by atoms with Crippen LogP contribution in [0.5, 0.6) is 0 Å². The van der Waals surface area contributed by atoms with E-state index in [0.29, 0.717) is 5.41 Å². The third-order valence-electron chi connectivity index (χ3n) is 7.53. The van der Waals surface area contributed by atoms with Gasteiger partial charge in [0.2, 0.25) is 0 Å². The van der Waals surface area contributed by atoms with Crippen molar-refractivity contribution < 1.29 is 4.74 Å². The van der Waals surface area contributed by atoms with Gasteiger partial charge in [0.05, 0.1) is 5.60 Å². The fourth-order valence-corrected chi connectivity index (χ4v) is 5.52. The van der Waals surface area contributed by atoms with Gasteiger partial charge in [0.15, 0.2) is 0 Å². The summed E-state index contributed by atoms with van der Waals surface area (Å²) in [5, 5.41) is 0.809. The number of halogens is 1. The van der Waals surface area contributed by atoms with E-state index in [2.05, 4.69) is 51.9 Å². The summed E-state index contributed by atoms with van der Waals surface area (Å²) in [6, 6.07) is 8.37. The molecule has 2 bridgehead atoms. The third-order valence-corrected chi connectivity index (χ3v) is 7.78. The normalized spacial score (nSPS) is 33.3. The molecule has 3 aliphatic rings. The van der Waals surface area contributed by atoms with Gasteiger partial charge in [-0.25, -0.2) is 0 Å². The molecule has 3 saturated carbocycles. The van der Waals surface area contributed by atoms with Crippen molar-refractivity contribution in [2.45, 2.75) is 58.5 Å². The maximum absolute atomic E-state index is 6.78. The van der Waals surface area contributed by atoms with Crippen molar-refractivity contribution in [3.05, 3.63) is 34.9 Å². The zero-order chi connectivity index (χ0) is 18.3. The molecule has 4 rings (SSSR count). The average Bonchev–Trinajstić information content (AvgIpc) is 2.56. The number of rotatable bonds is 7. The molecule has 0 radical (unpaired) electrons. The Morgan fingerprint density at radius 1 is 1.16 bits per heavy atom. The highest BCUT2D eigenvalue weighted by Gasteiger charge is 2.69. The number of ether oxygens (including phenoxy) is 1. The Morgan fingerprint density at radius 3 is 2.44 bits per heavy atom. The van der Waals surface area contributed by atoms with Gasteiger partial charge in [0, 0.05) is 23.5 Å². The molecular weight excluding hydrogens is 330 g/mol. The van der Waals surface area contributed by atoms with Crippen LogP contribution in [0.3, 0.4) is 0 Å². The highest BCUT2D eigenvalue weighted by atomic mass is 35.5. The molecular formula is C22H34ClNO. The molecule has 0 N–H and O–H groups in total. The van der Waals surface area contributed by atoms with Gasteiger partial charge in [-0.2, -0.15) is 0 Å². The molecule has 1 aromatic rings. The smallest absolute Gasteiger partial charge is 0.0781 e. The Kier molecular flexibility index (Phi) is 5.27. The topological polar surface area (TPSA) is 12.5 Å². The fourth-order valence-electron chi connectivity index (χ4n) is 5.40. The predicted molar refractivity (Wildman–Crippen MR) is 106 cm³/mol. The van der Waals surface area contributed by atoms with Gasteiger partial charge in [-0.05, 0) is 75.4 Å². The largest absolute Gasteiger partial charge is 0.374 e. The maximum Gasteiger partial charge on any atom is 0.0781 e. The molecule has 25 heavy (non-hydrogen) atoms. The lowest BCUT2D eigenvalue weighted by Crippen LogP contribution is -2.70. The van der Waals surface area contributed by atoms with Crippen LogP contribution < -0.4 is 0 Å². The molecule has 0 heterocycles. The molecule has 2 nitrogen and oxygen atoms in total. The number of benzene rings is 1. The van der Waals surface area contributed by atoms with Crippen LogP contribution in [-0.2, 0) is 11.2 Å². The first-order valence-electron chi connectivity index (χ1n) is 9.73. The maximum atomic E-state index is 6.78. The van der Waals surface area contributed by atoms with E-state index in [0.717, 1.165) is 36.9 Å². The summed E-state index contributed by atoms with van der Waals surface area (Å²) < 4.78 is 6.78. The third kappa shape index (κ3) is 3.26. The first kappa shape index (κ1) is 19.2. The summed E-state index contributed by atoms with van der Waals surface area (Å²) in [7, 11) is 4.26. The van der Waals surface area contributed by atoms with Gasteiger partial charge >= 0.3 is 0 Å².